The SMILES string of the molecule is CN(C(=O)c1ccccc1)c1cccc(C(=O)Nc2ccc(C(F)(C(F)(F)F)C(F)(F)F)cc2Br)c1F. The van der Waals surface area contributed by atoms with Crippen LogP contribution in [-0.4, -0.2) is 31.2 Å². The van der Waals surface area contributed by atoms with Crippen molar-refractivity contribution in [1.29, 1.82) is 0 Å². The van der Waals surface area contributed by atoms with E-state index in [1.54, 1.807) is 18.2 Å². The van der Waals surface area contributed by atoms with Gasteiger partial charge in [-0.25, -0.2) is 8.78 Å². The normalized spacial score (nSPS) is 12.3. The first-order chi connectivity index (χ1) is 17.1. The molecule has 0 aromatic heterocycles. The fourth-order valence-corrected chi connectivity index (χ4v) is 3.82. The number of nitrogens with one attached hydrogen (secondary N) is 1. The quantitative estimate of drug-likeness (QED) is 0.313. The molecular formula is C24H15BrF8N2O2. The van der Waals surface area contributed by atoms with Gasteiger partial charge in [-0.15, -0.1) is 0 Å². The van der Waals surface area contributed by atoms with Gasteiger partial charge in [0.15, 0.2) is 5.82 Å². The van der Waals surface area contributed by atoms with Gasteiger partial charge in [-0.1, -0.05) is 30.3 Å². The largest absolute Gasteiger partial charge is 0.435 e. The van der Waals surface area contributed by atoms with Crippen LogP contribution in [0.3, 0.4) is 0 Å². The molecule has 0 aliphatic rings. The van der Waals surface area contributed by atoms with Crippen molar-refractivity contribution in [1.82, 2.24) is 0 Å². The molecule has 0 spiro atoms. The molecule has 13 heteroatoms. The number of amides is 2. The number of benzene rings is 3. The Morgan fingerprint density at radius 1 is 0.838 bits per heavy atom. The molecule has 0 aliphatic carbocycles. The molecule has 0 unspecified atom stereocenters. The van der Waals surface area contributed by atoms with Gasteiger partial charge in [0.1, 0.15) is 0 Å². The second kappa shape index (κ2) is 10.1. The molecule has 0 saturated heterocycles. The van der Waals surface area contributed by atoms with E-state index in [9.17, 15) is 40.3 Å². The predicted molar refractivity (Wildman–Crippen MR) is 123 cm³/mol. The molecule has 0 heterocycles. The standard InChI is InChI=1S/C24H15BrF8N2O2/c1-35(21(37)13-6-3-2-4-7-13)18-9-5-8-15(19(18)26)20(36)34-17-11-10-14(12-16(17)25)22(27,23(28,29)30)24(31,32)33/h2-12H,1H3,(H,34,36). The van der Waals surface area contributed by atoms with Crippen molar-refractivity contribution >= 4 is 39.1 Å². The maximum absolute atomic E-state index is 15.2. The van der Waals surface area contributed by atoms with Crippen molar-refractivity contribution in [2.75, 3.05) is 17.3 Å². The minimum atomic E-state index is -6.32. The van der Waals surface area contributed by atoms with Crippen molar-refractivity contribution < 1.29 is 44.7 Å². The van der Waals surface area contributed by atoms with Gasteiger partial charge in [0, 0.05) is 22.6 Å². The van der Waals surface area contributed by atoms with E-state index in [1.807, 2.05) is 0 Å². The Bertz CT molecular complexity index is 1310. The summed E-state index contributed by atoms with van der Waals surface area (Å²) >= 11 is 2.71. The van der Waals surface area contributed by atoms with Gasteiger partial charge in [-0.3, -0.25) is 9.59 Å². The lowest BCUT2D eigenvalue weighted by Gasteiger charge is -2.30. The number of hydrogen-bond donors (Lipinski definition) is 1. The summed E-state index contributed by atoms with van der Waals surface area (Å²) in [7, 11) is 1.27. The van der Waals surface area contributed by atoms with Crippen molar-refractivity contribution in [2.24, 2.45) is 0 Å². The number of hydrogen-bond acceptors (Lipinski definition) is 2. The zero-order valence-electron chi connectivity index (χ0n) is 18.5. The highest BCUT2D eigenvalue weighted by Crippen LogP contribution is 2.53. The molecule has 0 atom stereocenters. The molecule has 2 amide bonds. The zero-order chi connectivity index (χ0) is 27.8. The second-order valence-corrected chi connectivity index (χ2v) is 8.53. The fourth-order valence-electron chi connectivity index (χ4n) is 3.35. The Morgan fingerprint density at radius 3 is 1.97 bits per heavy atom. The van der Waals surface area contributed by atoms with Gasteiger partial charge in [-0.2, -0.15) is 26.3 Å². The summed E-state index contributed by atoms with van der Waals surface area (Å²) in [5, 5.41) is 2.14. The molecule has 37 heavy (non-hydrogen) atoms. The predicted octanol–water partition coefficient (Wildman–Crippen LogP) is 7.41. The summed E-state index contributed by atoms with van der Waals surface area (Å²) < 4.78 is 107. The van der Waals surface area contributed by atoms with Crippen molar-refractivity contribution in [3.8, 4) is 0 Å². The monoisotopic (exact) mass is 594 g/mol. The number of anilines is 2. The van der Waals surface area contributed by atoms with Crippen molar-refractivity contribution in [3.05, 3.63) is 93.7 Å². The average Bonchev–Trinajstić information content (AvgIpc) is 2.83. The lowest BCUT2D eigenvalue weighted by Crippen LogP contribution is -2.50. The maximum Gasteiger partial charge on any atom is 0.435 e. The molecule has 0 aliphatic heterocycles. The number of nitrogens with zero attached hydrogens (tertiary/aromatic N) is 1. The van der Waals surface area contributed by atoms with Crippen LogP contribution < -0.4 is 10.2 Å². The van der Waals surface area contributed by atoms with Gasteiger partial charge in [0.2, 0.25) is 0 Å². The summed E-state index contributed by atoms with van der Waals surface area (Å²) in [6.07, 6.45) is -12.6. The van der Waals surface area contributed by atoms with Crippen LogP contribution in [0.5, 0.6) is 0 Å². The van der Waals surface area contributed by atoms with Gasteiger partial charge in [0.25, 0.3) is 11.8 Å². The fraction of sp³-hybridized carbons (Fsp3) is 0.167. The maximum atomic E-state index is 15.2. The average molecular weight is 595 g/mol. The third-order valence-corrected chi connectivity index (χ3v) is 5.96. The second-order valence-electron chi connectivity index (χ2n) is 7.67. The van der Waals surface area contributed by atoms with E-state index >= 15 is 4.39 Å². The van der Waals surface area contributed by atoms with Gasteiger partial charge < -0.3 is 10.2 Å². The Morgan fingerprint density at radius 2 is 1.43 bits per heavy atom. The molecule has 0 fully saturated rings. The van der Waals surface area contributed by atoms with E-state index in [4.69, 9.17) is 0 Å². The van der Waals surface area contributed by atoms with Crippen LogP contribution in [0.4, 0.5) is 46.5 Å². The zero-order valence-corrected chi connectivity index (χ0v) is 20.1. The van der Waals surface area contributed by atoms with Crippen LogP contribution in [0.15, 0.2) is 71.2 Å². The van der Waals surface area contributed by atoms with Crippen LogP contribution >= 0.6 is 15.9 Å². The molecule has 1 N–H and O–H groups in total. The number of halogens is 9. The van der Waals surface area contributed by atoms with Crippen LogP contribution in [-0.2, 0) is 5.67 Å². The van der Waals surface area contributed by atoms with Gasteiger partial charge >= 0.3 is 18.0 Å². The molecular weight excluding hydrogens is 580 g/mol. The number of rotatable bonds is 5. The number of carbonyl (C=O) groups is 2. The highest BCUT2D eigenvalue weighted by atomic mass is 79.9. The summed E-state index contributed by atoms with van der Waals surface area (Å²) in [5.74, 6) is -2.83. The third kappa shape index (κ3) is 5.31. The van der Waals surface area contributed by atoms with E-state index in [-0.39, 0.29) is 29.1 Å². The summed E-state index contributed by atoms with van der Waals surface area (Å²) in [5.41, 5.74) is -8.41. The highest BCUT2D eigenvalue weighted by molar-refractivity contribution is 9.10. The summed E-state index contributed by atoms with van der Waals surface area (Å²) in [6.45, 7) is 0. The lowest BCUT2D eigenvalue weighted by molar-refractivity contribution is -0.348. The summed E-state index contributed by atoms with van der Waals surface area (Å²) in [4.78, 5) is 26.3. The van der Waals surface area contributed by atoms with Crippen LogP contribution in [0.2, 0.25) is 0 Å². The van der Waals surface area contributed by atoms with Crippen LogP contribution in [0, 0.1) is 5.82 Å². The van der Waals surface area contributed by atoms with Crippen LogP contribution in [0.1, 0.15) is 26.3 Å². The Labute approximate surface area is 213 Å². The smallest absolute Gasteiger partial charge is 0.321 e. The van der Waals surface area contributed by atoms with Crippen molar-refractivity contribution in [2.45, 2.75) is 18.0 Å². The molecule has 4 nitrogen and oxygen atoms in total. The van der Waals surface area contributed by atoms with E-state index in [0.717, 1.165) is 11.0 Å². The van der Waals surface area contributed by atoms with Gasteiger partial charge in [0.05, 0.1) is 16.9 Å². The Balaban J connectivity index is 1.90. The molecule has 196 valence electrons. The summed E-state index contributed by atoms with van der Waals surface area (Å²) in [6, 6.07) is 12.4. The van der Waals surface area contributed by atoms with E-state index in [0.29, 0.717) is 6.07 Å². The van der Waals surface area contributed by atoms with Crippen LogP contribution in [0.25, 0.3) is 0 Å². The Hall–Kier alpha value is -3.48. The first kappa shape index (κ1) is 28.1. The minimum Gasteiger partial charge on any atom is -0.321 e. The molecule has 0 bridgehead atoms. The van der Waals surface area contributed by atoms with E-state index < -0.39 is 51.3 Å². The molecule has 3 aromatic rings. The van der Waals surface area contributed by atoms with E-state index in [1.165, 1.54) is 31.3 Å². The highest BCUT2D eigenvalue weighted by Gasteiger charge is 2.73. The topological polar surface area (TPSA) is 49.4 Å². The first-order valence-corrected chi connectivity index (χ1v) is 10.9. The van der Waals surface area contributed by atoms with Gasteiger partial charge in [-0.05, 0) is 52.3 Å². The number of carbonyl (C=O) groups excluding carboxylic acids is 2. The minimum absolute atomic E-state index is 0.209. The molecule has 0 radical (unpaired) electrons. The number of alkyl halides is 7. The molecule has 3 aromatic carbocycles. The molecule has 3 rings (SSSR count). The first-order valence-electron chi connectivity index (χ1n) is 10.1. The molecule has 0 saturated carbocycles. The van der Waals surface area contributed by atoms with Crippen molar-refractivity contribution in [3.63, 3.8) is 0 Å². The Kier molecular flexibility index (Phi) is 7.68. The lowest BCUT2D eigenvalue weighted by atomic mass is 9.94. The van der Waals surface area contributed by atoms with E-state index in [2.05, 4.69) is 21.2 Å². The third-order valence-electron chi connectivity index (χ3n) is 5.31.